The van der Waals surface area contributed by atoms with Crippen molar-refractivity contribution in [2.45, 2.75) is 6.42 Å². The number of nitrogens with one attached hydrogen (secondary N) is 1. The van der Waals surface area contributed by atoms with E-state index in [0.29, 0.717) is 23.1 Å². The van der Waals surface area contributed by atoms with Gasteiger partial charge in [0.05, 0.1) is 11.3 Å². The van der Waals surface area contributed by atoms with Crippen LogP contribution in [0.15, 0.2) is 48.5 Å². The van der Waals surface area contributed by atoms with Crippen LogP contribution in [0.25, 0.3) is 11.1 Å². The molecule has 0 heterocycles. The highest BCUT2D eigenvalue weighted by Gasteiger charge is 2.15. The lowest BCUT2D eigenvalue weighted by molar-refractivity contribution is -0.121. The normalized spacial score (nSPS) is 11.3. The number of phenolic OH excluding ortho intramolecular Hbond substituents is 1. The van der Waals surface area contributed by atoms with Gasteiger partial charge in [0, 0.05) is 22.0 Å². The number of hydrogen-bond acceptors (Lipinski definition) is 5. The molecule has 0 aliphatic heterocycles. The van der Waals surface area contributed by atoms with Gasteiger partial charge in [0.25, 0.3) is 5.91 Å². The van der Waals surface area contributed by atoms with Gasteiger partial charge in [-0.05, 0) is 53.1 Å². The third kappa shape index (κ3) is 6.74. The first kappa shape index (κ1) is 25.1. The number of hydrogen-bond donors (Lipinski definition) is 2. The molecule has 0 fully saturated rings. The van der Waals surface area contributed by atoms with Gasteiger partial charge in [-0.25, -0.2) is 12.8 Å². The number of amides is 1. The molecule has 1 amide bonds. The summed E-state index contributed by atoms with van der Waals surface area (Å²) in [5.41, 5.74) is 2.32. The molecule has 174 valence electrons. The maximum Gasteiger partial charge on any atom is 0.271 e. The fraction of sp³-hybridized carbons (Fsp3) is 0.136. The smallest absolute Gasteiger partial charge is 0.271 e. The first-order valence-electron chi connectivity index (χ1n) is 9.31. The van der Waals surface area contributed by atoms with E-state index in [0.717, 1.165) is 11.8 Å². The molecule has 0 aromatic heterocycles. The average Bonchev–Trinajstić information content (AvgIpc) is 2.71. The molecule has 0 radical (unpaired) electrons. The highest BCUT2D eigenvalue weighted by molar-refractivity contribution is 7.89. The van der Waals surface area contributed by atoms with Crippen LogP contribution in [0.1, 0.15) is 11.1 Å². The van der Waals surface area contributed by atoms with E-state index in [1.54, 1.807) is 16.9 Å². The molecule has 6 nitrogen and oxygen atoms in total. The van der Waals surface area contributed by atoms with E-state index < -0.39 is 28.4 Å². The van der Waals surface area contributed by atoms with Crippen LogP contribution >= 0.6 is 34.8 Å². The Bertz CT molecular complexity index is 1310. The number of carbonyl (C=O) groups is 1. The maximum atomic E-state index is 13.5. The highest BCUT2D eigenvalue weighted by atomic mass is 35.5. The largest absolute Gasteiger partial charge is 0.507 e. The molecule has 0 bridgehead atoms. The molecule has 0 saturated heterocycles. The summed E-state index contributed by atoms with van der Waals surface area (Å²) >= 11 is 18.6. The number of carbonyl (C=O) groups excluding carboxylic acids is 1. The minimum absolute atomic E-state index is 0.00487. The zero-order chi connectivity index (χ0) is 24.3. The molecular formula is C22H17Cl3FNO5S. The Morgan fingerprint density at radius 1 is 1.03 bits per heavy atom. The van der Waals surface area contributed by atoms with Gasteiger partial charge in [0.1, 0.15) is 17.3 Å². The second-order valence-corrected chi connectivity index (χ2v) is 10.1. The van der Waals surface area contributed by atoms with E-state index >= 15 is 0 Å². The van der Waals surface area contributed by atoms with Crippen LogP contribution in [-0.4, -0.2) is 32.3 Å². The van der Waals surface area contributed by atoms with Crippen molar-refractivity contribution in [3.05, 3.63) is 80.5 Å². The van der Waals surface area contributed by atoms with Gasteiger partial charge >= 0.3 is 0 Å². The Balaban J connectivity index is 1.81. The van der Waals surface area contributed by atoms with Crippen molar-refractivity contribution >= 4 is 50.7 Å². The lowest BCUT2D eigenvalue weighted by Gasteiger charge is -2.13. The molecule has 3 aromatic carbocycles. The third-order valence-corrected chi connectivity index (χ3v) is 6.02. The summed E-state index contributed by atoms with van der Waals surface area (Å²) in [6.45, 7) is -0.541. The van der Waals surface area contributed by atoms with Crippen molar-refractivity contribution < 1.29 is 27.4 Å². The molecule has 0 aliphatic carbocycles. The molecule has 3 aromatic rings. The van der Waals surface area contributed by atoms with E-state index in [1.165, 1.54) is 36.4 Å². The Hall–Kier alpha value is -2.52. The monoisotopic (exact) mass is 531 g/mol. The summed E-state index contributed by atoms with van der Waals surface area (Å²) in [6.07, 6.45) is 1.15. The van der Waals surface area contributed by atoms with Crippen molar-refractivity contribution in [1.29, 1.82) is 0 Å². The van der Waals surface area contributed by atoms with Gasteiger partial charge in [0.2, 0.25) is 10.0 Å². The first-order chi connectivity index (χ1) is 15.4. The van der Waals surface area contributed by atoms with Crippen molar-refractivity contribution in [2.75, 3.05) is 12.9 Å². The second-order valence-electron chi connectivity index (χ2n) is 7.11. The molecule has 0 atom stereocenters. The van der Waals surface area contributed by atoms with Crippen LogP contribution in [0.3, 0.4) is 0 Å². The first-order valence-corrected chi connectivity index (χ1v) is 12.3. The zero-order valence-electron chi connectivity index (χ0n) is 17.0. The topological polar surface area (TPSA) is 92.7 Å². The summed E-state index contributed by atoms with van der Waals surface area (Å²) in [5, 5.41) is 10.7. The standard InChI is InChI=1S/C22H17Cl3FNO5S/c1-33(30,31)27-22(29)11-32-14-9-17(23)16(18(24)10-14)7-12-2-5-21(28)15(6-12)13-3-4-20(26)19(25)8-13/h2-6,8-10,28H,7,11H2,1H3,(H,27,29). The molecule has 0 aliphatic rings. The van der Waals surface area contributed by atoms with Gasteiger partial charge in [-0.1, -0.05) is 46.9 Å². The van der Waals surface area contributed by atoms with Crippen LogP contribution in [-0.2, 0) is 21.2 Å². The maximum absolute atomic E-state index is 13.5. The van der Waals surface area contributed by atoms with Crippen molar-refractivity contribution in [1.82, 2.24) is 4.72 Å². The number of aromatic hydroxyl groups is 1. The quantitative estimate of drug-likeness (QED) is 0.436. The fourth-order valence-electron chi connectivity index (χ4n) is 3.01. The molecule has 0 spiro atoms. The van der Waals surface area contributed by atoms with Gasteiger partial charge in [-0.2, -0.15) is 0 Å². The lowest BCUT2D eigenvalue weighted by Crippen LogP contribution is -2.33. The predicted octanol–water partition coefficient (Wildman–Crippen LogP) is 5.20. The number of rotatable bonds is 7. The predicted molar refractivity (Wildman–Crippen MR) is 126 cm³/mol. The number of ether oxygens (including phenoxy) is 1. The van der Waals surface area contributed by atoms with E-state index in [2.05, 4.69) is 0 Å². The number of phenols is 1. The van der Waals surface area contributed by atoms with E-state index in [-0.39, 0.29) is 26.6 Å². The summed E-state index contributed by atoms with van der Waals surface area (Å²) in [5.74, 6) is -1.23. The molecule has 33 heavy (non-hydrogen) atoms. The van der Waals surface area contributed by atoms with Crippen LogP contribution in [0.2, 0.25) is 15.1 Å². The van der Waals surface area contributed by atoms with Gasteiger partial charge < -0.3 is 9.84 Å². The zero-order valence-corrected chi connectivity index (χ0v) is 20.1. The summed E-state index contributed by atoms with van der Waals surface area (Å²) < 4.78 is 42.7. The van der Waals surface area contributed by atoms with Gasteiger partial charge in [-0.3, -0.25) is 9.52 Å². The number of benzene rings is 3. The van der Waals surface area contributed by atoms with Crippen LogP contribution in [0, 0.1) is 5.82 Å². The number of sulfonamides is 1. The number of halogens is 4. The van der Waals surface area contributed by atoms with Crippen LogP contribution in [0.5, 0.6) is 11.5 Å². The van der Waals surface area contributed by atoms with Crippen molar-refractivity contribution in [2.24, 2.45) is 0 Å². The molecule has 0 saturated carbocycles. The Labute approximate surface area is 204 Å². The third-order valence-electron chi connectivity index (χ3n) is 4.46. The molecule has 0 unspecified atom stereocenters. The SMILES string of the molecule is CS(=O)(=O)NC(=O)COc1cc(Cl)c(Cc2ccc(O)c(-c3ccc(F)c(Cl)c3)c2)c(Cl)c1. The Morgan fingerprint density at radius 2 is 1.70 bits per heavy atom. The average molecular weight is 533 g/mol. The highest BCUT2D eigenvalue weighted by Crippen LogP contribution is 2.36. The minimum Gasteiger partial charge on any atom is -0.507 e. The summed E-state index contributed by atoms with van der Waals surface area (Å²) in [7, 11) is -3.69. The molecular weight excluding hydrogens is 516 g/mol. The van der Waals surface area contributed by atoms with Gasteiger partial charge in [-0.15, -0.1) is 0 Å². The van der Waals surface area contributed by atoms with Crippen LogP contribution in [0.4, 0.5) is 4.39 Å². The van der Waals surface area contributed by atoms with E-state index in [1.807, 2.05) is 0 Å². The molecule has 2 N–H and O–H groups in total. The van der Waals surface area contributed by atoms with E-state index in [4.69, 9.17) is 39.5 Å². The second kappa shape index (κ2) is 10.2. The van der Waals surface area contributed by atoms with Crippen LogP contribution < -0.4 is 9.46 Å². The summed E-state index contributed by atoms with van der Waals surface area (Å²) in [4.78, 5) is 11.6. The van der Waals surface area contributed by atoms with Crippen molar-refractivity contribution in [3.63, 3.8) is 0 Å². The Morgan fingerprint density at radius 3 is 2.30 bits per heavy atom. The molecule has 3 rings (SSSR count). The Kier molecular flexibility index (Phi) is 7.74. The van der Waals surface area contributed by atoms with Gasteiger partial charge in [0.15, 0.2) is 6.61 Å². The fourth-order valence-corrected chi connectivity index (χ4v) is 4.26. The summed E-state index contributed by atoms with van der Waals surface area (Å²) in [6, 6.07) is 12.0. The van der Waals surface area contributed by atoms with Crippen molar-refractivity contribution in [3.8, 4) is 22.6 Å². The molecule has 11 heteroatoms. The minimum atomic E-state index is -3.69. The lowest BCUT2D eigenvalue weighted by atomic mass is 9.98. The van der Waals surface area contributed by atoms with E-state index in [9.17, 15) is 22.7 Å².